The number of fused-ring (bicyclic) bond motifs is 1. The van der Waals surface area contributed by atoms with E-state index in [9.17, 15) is 10.4 Å². The predicted molar refractivity (Wildman–Crippen MR) is 77.3 cm³/mol. The minimum absolute atomic E-state index is 0.403. The highest BCUT2D eigenvalue weighted by atomic mass is 35.5. The van der Waals surface area contributed by atoms with Gasteiger partial charge in [-0.15, -0.1) is 0 Å². The van der Waals surface area contributed by atoms with Crippen LogP contribution in [0.2, 0.25) is 5.02 Å². The van der Waals surface area contributed by atoms with Crippen LogP contribution in [0.4, 0.5) is 0 Å². The summed E-state index contributed by atoms with van der Waals surface area (Å²) in [5, 5.41) is 26.1. The molecule has 0 aromatic heterocycles. The Morgan fingerprint density at radius 1 is 0.800 bits per heavy atom. The van der Waals surface area contributed by atoms with Crippen LogP contribution in [-0.4, -0.2) is 21.8 Å². The van der Waals surface area contributed by atoms with Gasteiger partial charge in [0.2, 0.25) is 0 Å². The van der Waals surface area contributed by atoms with Crippen LogP contribution in [0.25, 0.3) is 0 Å². The summed E-state index contributed by atoms with van der Waals surface area (Å²) in [5.74, 6) is -0.403. The molecule has 5 heteroatoms. The summed E-state index contributed by atoms with van der Waals surface area (Å²) in [6, 6.07) is 14.5. The Morgan fingerprint density at radius 3 is 1.75 bits per heavy atom. The van der Waals surface area contributed by atoms with Gasteiger partial charge in [-0.1, -0.05) is 58.3 Å². The number of oxime groups is 2. The third-order valence-corrected chi connectivity index (χ3v) is 3.70. The summed E-state index contributed by atoms with van der Waals surface area (Å²) >= 11 is 5.89. The van der Waals surface area contributed by atoms with Gasteiger partial charge in [0, 0.05) is 16.1 Å². The summed E-state index contributed by atoms with van der Waals surface area (Å²) in [5.41, 5.74) is 3.32. The minimum Gasteiger partial charge on any atom is -0.411 e. The van der Waals surface area contributed by atoms with Crippen molar-refractivity contribution in [1.29, 1.82) is 0 Å². The first-order chi connectivity index (χ1) is 9.76. The Morgan fingerprint density at radius 2 is 1.30 bits per heavy atom. The molecule has 4 nitrogen and oxygen atoms in total. The molecular weight excluding hydrogens is 276 g/mol. The van der Waals surface area contributed by atoms with Crippen molar-refractivity contribution >= 4 is 23.0 Å². The van der Waals surface area contributed by atoms with Gasteiger partial charge in [0.1, 0.15) is 11.4 Å². The number of rotatable bonds is 1. The minimum atomic E-state index is -0.403. The normalized spacial score (nSPS) is 21.4. The molecule has 0 aliphatic heterocycles. The lowest BCUT2D eigenvalue weighted by Gasteiger charge is -2.11. The van der Waals surface area contributed by atoms with E-state index in [0.717, 1.165) is 16.7 Å². The van der Waals surface area contributed by atoms with Crippen LogP contribution >= 0.6 is 11.6 Å². The van der Waals surface area contributed by atoms with E-state index in [1.165, 1.54) is 0 Å². The van der Waals surface area contributed by atoms with Gasteiger partial charge < -0.3 is 10.4 Å². The lowest BCUT2D eigenvalue weighted by atomic mass is 9.93. The van der Waals surface area contributed by atoms with Crippen molar-refractivity contribution in [2.24, 2.45) is 10.3 Å². The molecule has 100 valence electrons. The van der Waals surface area contributed by atoms with E-state index in [1.54, 1.807) is 12.1 Å². The van der Waals surface area contributed by atoms with Gasteiger partial charge in [-0.2, -0.15) is 0 Å². The Bertz CT molecular complexity index is 669. The van der Waals surface area contributed by atoms with Crippen LogP contribution in [0.5, 0.6) is 0 Å². The van der Waals surface area contributed by atoms with Crippen molar-refractivity contribution < 1.29 is 10.4 Å². The fourth-order valence-electron chi connectivity index (χ4n) is 2.56. The fourth-order valence-corrected chi connectivity index (χ4v) is 2.69. The van der Waals surface area contributed by atoms with E-state index < -0.39 is 5.92 Å². The van der Waals surface area contributed by atoms with Crippen LogP contribution in [0.3, 0.4) is 0 Å². The van der Waals surface area contributed by atoms with Gasteiger partial charge in [0.25, 0.3) is 0 Å². The van der Waals surface area contributed by atoms with E-state index >= 15 is 0 Å². The number of nitrogens with zero attached hydrogens (tertiary/aromatic N) is 2. The van der Waals surface area contributed by atoms with Crippen molar-refractivity contribution in [1.82, 2.24) is 0 Å². The molecule has 20 heavy (non-hydrogen) atoms. The first kappa shape index (κ1) is 12.7. The van der Waals surface area contributed by atoms with E-state index in [2.05, 4.69) is 10.3 Å². The molecule has 0 bridgehead atoms. The van der Waals surface area contributed by atoms with Gasteiger partial charge in [-0.25, -0.2) is 0 Å². The molecule has 0 spiro atoms. The maximum Gasteiger partial charge on any atom is 0.101 e. The first-order valence-electron chi connectivity index (χ1n) is 6.05. The Labute approximate surface area is 120 Å². The lowest BCUT2D eigenvalue weighted by molar-refractivity contribution is 0.315. The summed E-state index contributed by atoms with van der Waals surface area (Å²) in [6.07, 6.45) is 0. The predicted octanol–water partition coefficient (Wildman–Crippen LogP) is 3.49. The number of hydrogen-bond donors (Lipinski definition) is 2. The quantitative estimate of drug-likeness (QED) is 0.622. The topological polar surface area (TPSA) is 65.2 Å². The van der Waals surface area contributed by atoms with E-state index in [1.807, 2.05) is 36.4 Å². The molecule has 0 amide bonds. The molecule has 2 aromatic rings. The second-order valence-electron chi connectivity index (χ2n) is 4.50. The standard InChI is InChI=1S/C15H11ClN2O2/c16-10-7-5-9(6-8-10)13-14(17-19)11-3-1-2-4-12(11)15(13)18-20/h1-8,13,19-20H/b17-14-,18-15+. The van der Waals surface area contributed by atoms with Crippen LogP contribution in [-0.2, 0) is 0 Å². The Hall–Kier alpha value is -2.33. The van der Waals surface area contributed by atoms with Crippen LogP contribution in [0.1, 0.15) is 22.6 Å². The van der Waals surface area contributed by atoms with E-state index in [0.29, 0.717) is 16.4 Å². The second kappa shape index (κ2) is 4.98. The number of halogens is 1. The third-order valence-electron chi connectivity index (χ3n) is 3.44. The molecule has 1 unspecified atom stereocenters. The Balaban J connectivity index is 2.19. The summed E-state index contributed by atoms with van der Waals surface area (Å²) < 4.78 is 0. The molecule has 0 fully saturated rings. The van der Waals surface area contributed by atoms with Crippen molar-refractivity contribution in [2.75, 3.05) is 0 Å². The largest absolute Gasteiger partial charge is 0.411 e. The summed E-state index contributed by atoms with van der Waals surface area (Å²) in [7, 11) is 0. The van der Waals surface area contributed by atoms with Gasteiger partial charge in [-0.3, -0.25) is 0 Å². The zero-order valence-electron chi connectivity index (χ0n) is 10.4. The zero-order chi connectivity index (χ0) is 14.1. The average Bonchev–Trinajstić information content (AvgIpc) is 2.81. The second-order valence-corrected chi connectivity index (χ2v) is 4.94. The maximum absolute atomic E-state index is 9.34. The van der Waals surface area contributed by atoms with Crippen molar-refractivity contribution in [3.8, 4) is 0 Å². The highest BCUT2D eigenvalue weighted by Gasteiger charge is 2.36. The average molecular weight is 287 g/mol. The zero-order valence-corrected chi connectivity index (χ0v) is 11.1. The van der Waals surface area contributed by atoms with Crippen molar-refractivity contribution in [3.05, 3.63) is 70.2 Å². The molecule has 0 radical (unpaired) electrons. The molecule has 1 aliphatic carbocycles. The molecule has 0 heterocycles. The van der Waals surface area contributed by atoms with Crippen LogP contribution in [0.15, 0.2) is 58.8 Å². The van der Waals surface area contributed by atoms with Gasteiger partial charge in [0.15, 0.2) is 0 Å². The van der Waals surface area contributed by atoms with Crippen LogP contribution < -0.4 is 0 Å². The highest BCUT2D eigenvalue weighted by molar-refractivity contribution is 6.33. The van der Waals surface area contributed by atoms with Gasteiger partial charge in [0.05, 0.1) is 5.92 Å². The molecule has 2 aromatic carbocycles. The summed E-state index contributed by atoms with van der Waals surface area (Å²) in [4.78, 5) is 0. The molecule has 3 rings (SSSR count). The van der Waals surface area contributed by atoms with E-state index in [4.69, 9.17) is 11.6 Å². The molecule has 0 saturated heterocycles. The van der Waals surface area contributed by atoms with Crippen molar-refractivity contribution in [2.45, 2.75) is 5.92 Å². The molecule has 0 saturated carbocycles. The first-order valence-corrected chi connectivity index (χ1v) is 6.43. The molecule has 1 aliphatic rings. The summed E-state index contributed by atoms with van der Waals surface area (Å²) in [6.45, 7) is 0. The van der Waals surface area contributed by atoms with Gasteiger partial charge in [-0.05, 0) is 17.7 Å². The molecule has 2 N–H and O–H groups in total. The van der Waals surface area contributed by atoms with Crippen molar-refractivity contribution in [3.63, 3.8) is 0 Å². The third kappa shape index (κ3) is 1.85. The highest BCUT2D eigenvalue weighted by Crippen LogP contribution is 2.35. The number of hydrogen-bond acceptors (Lipinski definition) is 4. The SMILES string of the molecule is O/N=C1\c2ccccc2/C(=N/O)C1c1ccc(Cl)cc1. The maximum atomic E-state index is 9.34. The molecule has 1 atom stereocenters. The Kier molecular flexibility index (Phi) is 3.16. The number of benzene rings is 2. The van der Waals surface area contributed by atoms with E-state index in [-0.39, 0.29) is 0 Å². The monoisotopic (exact) mass is 286 g/mol. The van der Waals surface area contributed by atoms with Crippen LogP contribution in [0, 0.1) is 0 Å². The van der Waals surface area contributed by atoms with Gasteiger partial charge >= 0.3 is 0 Å². The lowest BCUT2D eigenvalue weighted by Crippen LogP contribution is -2.14. The molecular formula is C15H11ClN2O2. The fraction of sp³-hybridized carbons (Fsp3) is 0.0667. The smallest absolute Gasteiger partial charge is 0.101 e.